The van der Waals surface area contributed by atoms with E-state index in [4.69, 9.17) is 11.1 Å². The van der Waals surface area contributed by atoms with Crippen LogP contribution < -0.4 is 16.4 Å². The second kappa shape index (κ2) is 9.58. The predicted octanol–water partition coefficient (Wildman–Crippen LogP) is 1.91. The standard InChI is InChI=1S/C18H22FN5O3/c19-11-5-6-16(23-10-11)22-8-7-12(20)9-14(21)17(25)24-15-4-2-1-3-13(15)18(26)27/h5-8,10,14,20H,1-4,9,21H2,(H,22,23)(H,24,25)(H,26,27)/b8-7-,20-12?. The van der Waals surface area contributed by atoms with E-state index in [1.807, 2.05) is 0 Å². The van der Waals surface area contributed by atoms with Crippen molar-refractivity contribution in [3.05, 3.63) is 47.7 Å². The van der Waals surface area contributed by atoms with Crippen molar-refractivity contribution in [1.29, 1.82) is 5.41 Å². The molecule has 0 bridgehead atoms. The van der Waals surface area contributed by atoms with Crippen LogP contribution >= 0.6 is 0 Å². The molecular formula is C18H22FN5O3. The first kappa shape index (κ1) is 20.2. The molecule has 0 saturated carbocycles. The summed E-state index contributed by atoms with van der Waals surface area (Å²) in [6, 6.07) is 1.72. The molecule has 2 rings (SSSR count). The number of nitrogens with one attached hydrogen (secondary N) is 3. The van der Waals surface area contributed by atoms with Gasteiger partial charge in [0.1, 0.15) is 11.6 Å². The maximum absolute atomic E-state index is 12.8. The van der Waals surface area contributed by atoms with Gasteiger partial charge in [-0.3, -0.25) is 4.79 Å². The van der Waals surface area contributed by atoms with Crippen molar-refractivity contribution in [2.75, 3.05) is 5.32 Å². The fraction of sp³-hybridized carbons (Fsp3) is 0.333. The number of rotatable bonds is 8. The lowest BCUT2D eigenvalue weighted by molar-refractivity contribution is -0.133. The van der Waals surface area contributed by atoms with Crippen LogP contribution in [0.15, 0.2) is 41.9 Å². The molecule has 8 nitrogen and oxygen atoms in total. The van der Waals surface area contributed by atoms with E-state index >= 15 is 0 Å². The molecule has 1 aromatic rings. The first-order valence-corrected chi connectivity index (χ1v) is 8.50. The Kier molecular flexibility index (Phi) is 7.18. The number of anilines is 1. The molecule has 1 amide bonds. The molecule has 0 radical (unpaired) electrons. The number of carbonyl (C=O) groups excluding carboxylic acids is 1. The normalized spacial score (nSPS) is 15.5. The monoisotopic (exact) mass is 375 g/mol. The van der Waals surface area contributed by atoms with Crippen LogP contribution in [0.25, 0.3) is 0 Å². The average Bonchev–Trinajstić information content (AvgIpc) is 2.63. The van der Waals surface area contributed by atoms with Gasteiger partial charge in [-0.15, -0.1) is 0 Å². The van der Waals surface area contributed by atoms with Crippen LogP contribution in [0.5, 0.6) is 0 Å². The number of hydrogen-bond donors (Lipinski definition) is 5. The van der Waals surface area contributed by atoms with Gasteiger partial charge in [-0.05, 0) is 43.9 Å². The number of carbonyl (C=O) groups is 2. The zero-order chi connectivity index (χ0) is 19.8. The highest BCUT2D eigenvalue weighted by Gasteiger charge is 2.22. The molecule has 6 N–H and O–H groups in total. The van der Waals surface area contributed by atoms with Crippen LogP contribution in [0.2, 0.25) is 0 Å². The van der Waals surface area contributed by atoms with E-state index in [-0.39, 0.29) is 17.7 Å². The Hall–Kier alpha value is -3.07. The highest BCUT2D eigenvalue weighted by molar-refractivity contribution is 5.97. The number of allylic oxidation sites excluding steroid dienone is 2. The molecule has 27 heavy (non-hydrogen) atoms. The summed E-state index contributed by atoms with van der Waals surface area (Å²) in [5, 5.41) is 22.4. The second-order valence-electron chi connectivity index (χ2n) is 6.13. The summed E-state index contributed by atoms with van der Waals surface area (Å²) in [5.74, 6) is -1.59. The van der Waals surface area contributed by atoms with E-state index in [9.17, 15) is 19.1 Å². The highest BCUT2D eigenvalue weighted by Crippen LogP contribution is 2.23. The Morgan fingerprint density at radius 2 is 2.11 bits per heavy atom. The van der Waals surface area contributed by atoms with Crippen LogP contribution in [-0.2, 0) is 9.59 Å². The van der Waals surface area contributed by atoms with Crippen molar-refractivity contribution in [1.82, 2.24) is 10.3 Å². The zero-order valence-corrected chi connectivity index (χ0v) is 14.7. The van der Waals surface area contributed by atoms with Gasteiger partial charge < -0.3 is 26.9 Å². The third-order valence-electron chi connectivity index (χ3n) is 4.02. The number of hydrogen-bond acceptors (Lipinski definition) is 6. The summed E-state index contributed by atoms with van der Waals surface area (Å²) in [6.45, 7) is 0. The summed E-state index contributed by atoms with van der Waals surface area (Å²) in [4.78, 5) is 27.2. The number of carboxylic acids is 1. The smallest absolute Gasteiger partial charge is 0.333 e. The van der Waals surface area contributed by atoms with E-state index in [0.717, 1.165) is 19.0 Å². The van der Waals surface area contributed by atoms with Crippen LogP contribution in [0.4, 0.5) is 10.2 Å². The van der Waals surface area contributed by atoms with Gasteiger partial charge in [0.15, 0.2) is 0 Å². The molecular weight excluding hydrogens is 353 g/mol. The number of pyridine rings is 1. The molecule has 0 saturated heterocycles. The van der Waals surface area contributed by atoms with Crippen LogP contribution in [0.1, 0.15) is 32.1 Å². The van der Waals surface area contributed by atoms with E-state index in [2.05, 4.69) is 15.6 Å². The number of aliphatic carboxylic acids is 1. The lowest BCUT2D eigenvalue weighted by atomic mass is 9.96. The fourth-order valence-electron chi connectivity index (χ4n) is 2.61. The van der Waals surface area contributed by atoms with Gasteiger partial charge in [0, 0.05) is 24.0 Å². The Labute approximate surface area is 155 Å². The van der Waals surface area contributed by atoms with E-state index in [0.29, 0.717) is 24.4 Å². The summed E-state index contributed by atoms with van der Waals surface area (Å²) in [5.41, 5.74) is 6.54. The molecule has 1 unspecified atom stereocenters. The molecule has 1 aliphatic rings. The first-order chi connectivity index (χ1) is 12.9. The van der Waals surface area contributed by atoms with Gasteiger partial charge >= 0.3 is 5.97 Å². The molecule has 1 aromatic heterocycles. The van der Waals surface area contributed by atoms with Gasteiger partial charge in [-0.2, -0.15) is 0 Å². The van der Waals surface area contributed by atoms with E-state index < -0.39 is 23.7 Å². The average molecular weight is 375 g/mol. The number of aromatic nitrogens is 1. The summed E-state index contributed by atoms with van der Waals surface area (Å²) in [7, 11) is 0. The van der Waals surface area contributed by atoms with Crippen molar-refractivity contribution in [2.45, 2.75) is 38.1 Å². The molecule has 1 heterocycles. The van der Waals surface area contributed by atoms with Crippen molar-refractivity contribution >= 4 is 23.4 Å². The number of nitrogens with zero attached hydrogens (tertiary/aromatic N) is 1. The van der Waals surface area contributed by atoms with Gasteiger partial charge in [0.2, 0.25) is 5.91 Å². The largest absolute Gasteiger partial charge is 0.478 e. The van der Waals surface area contributed by atoms with Gasteiger partial charge in [0.05, 0.1) is 17.8 Å². The predicted molar refractivity (Wildman–Crippen MR) is 98.5 cm³/mol. The third-order valence-corrected chi connectivity index (χ3v) is 4.02. The minimum atomic E-state index is -1.03. The molecule has 1 aliphatic carbocycles. The molecule has 0 aromatic carbocycles. The quantitative estimate of drug-likeness (QED) is 0.440. The van der Waals surface area contributed by atoms with Crippen molar-refractivity contribution in [3.8, 4) is 0 Å². The molecule has 0 fully saturated rings. The highest BCUT2D eigenvalue weighted by atomic mass is 19.1. The van der Waals surface area contributed by atoms with Gasteiger partial charge in [-0.1, -0.05) is 0 Å². The van der Waals surface area contributed by atoms with Crippen molar-refractivity contribution in [3.63, 3.8) is 0 Å². The Morgan fingerprint density at radius 1 is 1.37 bits per heavy atom. The van der Waals surface area contributed by atoms with Crippen LogP contribution in [0, 0.1) is 11.2 Å². The van der Waals surface area contributed by atoms with E-state index in [1.165, 1.54) is 24.4 Å². The topological polar surface area (TPSA) is 141 Å². The Bertz CT molecular complexity index is 774. The fourth-order valence-corrected chi connectivity index (χ4v) is 2.61. The van der Waals surface area contributed by atoms with Crippen LogP contribution in [0.3, 0.4) is 0 Å². The molecule has 0 spiro atoms. The summed E-state index contributed by atoms with van der Waals surface area (Å²) >= 11 is 0. The molecule has 1 atom stereocenters. The number of carboxylic acid groups (broad SMARTS) is 1. The Morgan fingerprint density at radius 3 is 2.78 bits per heavy atom. The maximum atomic E-state index is 12.8. The van der Waals surface area contributed by atoms with Gasteiger partial charge in [-0.25, -0.2) is 14.2 Å². The second-order valence-corrected chi connectivity index (χ2v) is 6.13. The van der Waals surface area contributed by atoms with Crippen molar-refractivity contribution in [2.24, 2.45) is 5.73 Å². The zero-order valence-electron chi connectivity index (χ0n) is 14.7. The summed E-state index contributed by atoms with van der Waals surface area (Å²) in [6.07, 6.45) is 6.40. The molecule has 9 heteroatoms. The minimum Gasteiger partial charge on any atom is -0.478 e. The first-order valence-electron chi connectivity index (χ1n) is 8.50. The lowest BCUT2D eigenvalue weighted by Crippen LogP contribution is -2.42. The van der Waals surface area contributed by atoms with Crippen molar-refractivity contribution < 1.29 is 19.1 Å². The minimum absolute atomic E-state index is 0.0173. The third kappa shape index (κ3) is 6.30. The molecule has 144 valence electrons. The molecule has 0 aliphatic heterocycles. The summed E-state index contributed by atoms with van der Waals surface area (Å²) < 4.78 is 12.8. The van der Waals surface area contributed by atoms with Crippen LogP contribution in [-0.4, -0.2) is 33.7 Å². The van der Waals surface area contributed by atoms with Gasteiger partial charge in [0.25, 0.3) is 0 Å². The maximum Gasteiger partial charge on any atom is 0.333 e. The number of amides is 1. The number of halogens is 1. The number of nitrogens with two attached hydrogens (primary N) is 1. The Balaban J connectivity index is 1.85. The SMILES string of the molecule is N=C(/C=C\Nc1ccc(F)cn1)CC(N)C(=O)NC1=C(C(=O)O)CCCC1. The lowest BCUT2D eigenvalue weighted by Gasteiger charge is -2.20. The van der Waals surface area contributed by atoms with E-state index in [1.54, 1.807) is 0 Å².